The minimum atomic E-state index is 0. The van der Waals surface area contributed by atoms with Gasteiger partial charge in [-0.3, -0.25) is 4.90 Å². The minimum absolute atomic E-state index is 0. The first-order chi connectivity index (χ1) is 9.54. The molecule has 1 unspecified atom stereocenters. The summed E-state index contributed by atoms with van der Waals surface area (Å²) in [5.74, 6) is 1.67. The van der Waals surface area contributed by atoms with Crippen molar-refractivity contribution < 1.29 is 4.74 Å². The lowest BCUT2D eigenvalue weighted by molar-refractivity contribution is 0.165. The van der Waals surface area contributed by atoms with E-state index in [-0.39, 0.29) is 18.5 Å². The first-order valence-electron chi connectivity index (χ1n) is 7.78. The second-order valence-electron chi connectivity index (χ2n) is 6.29. The lowest BCUT2D eigenvalue weighted by Crippen LogP contribution is -2.39. The van der Waals surface area contributed by atoms with Crippen molar-refractivity contribution >= 4 is 12.4 Å². The van der Waals surface area contributed by atoms with Crippen molar-refractivity contribution in [2.45, 2.75) is 52.3 Å². The van der Waals surface area contributed by atoms with Gasteiger partial charge in [0.2, 0.25) is 0 Å². The van der Waals surface area contributed by atoms with Gasteiger partial charge in [-0.05, 0) is 70.3 Å². The van der Waals surface area contributed by atoms with Crippen LogP contribution in [0.1, 0.15) is 39.2 Å². The molecule has 0 aliphatic carbocycles. The second kappa shape index (κ2) is 8.62. The molecule has 1 fully saturated rings. The lowest BCUT2D eigenvalue weighted by atomic mass is 9.91. The van der Waals surface area contributed by atoms with Crippen molar-refractivity contribution in [3.63, 3.8) is 0 Å². The Bertz CT molecular complexity index is 415. The Kier molecular flexibility index (Phi) is 7.50. The topological polar surface area (TPSA) is 38.5 Å². The lowest BCUT2D eigenvalue weighted by Gasteiger charge is -2.33. The molecule has 1 atom stereocenters. The summed E-state index contributed by atoms with van der Waals surface area (Å²) in [7, 11) is 0. The largest absolute Gasteiger partial charge is 0.491 e. The van der Waals surface area contributed by atoms with Crippen LogP contribution in [0.15, 0.2) is 24.3 Å². The van der Waals surface area contributed by atoms with Gasteiger partial charge in [0.1, 0.15) is 5.75 Å². The Labute approximate surface area is 135 Å². The van der Waals surface area contributed by atoms with E-state index in [9.17, 15) is 0 Å². The van der Waals surface area contributed by atoms with E-state index in [4.69, 9.17) is 10.5 Å². The maximum absolute atomic E-state index is 6.00. The van der Waals surface area contributed by atoms with Crippen molar-refractivity contribution in [3.05, 3.63) is 29.8 Å². The number of benzene rings is 1. The zero-order chi connectivity index (χ0) is 14.5. The van der Waals surface area contributed by atoms with E-state index in [1.165, 1.54) is 18.4 Å². The highest BCUT2D eigenvalue weighted by Gasteiger charge is 2.21. The van der Waals surface area contributed by atoms with E-state index < -0.39 is 0 Å². The number of nitrogens with zero attached hydrogens (tertiary/aromatic N) is 1. The SMILES string of the molecule is CC(C)Oc1cccc(CN2CCC(C(C)N)CC2)c1.Cl. The third kappa shape index (κ3) is 5.85. The average Bonchev–Trinajstić information content (AvgIpc) is 2.39. The van der Waals surface area contributed by atoms with E-state index in [2.05, 4.69) is 43.9 Å². The van der Waals surface area contributed by atoms with Gasteiger partial charge in [0.05, 0.1) is 6.10 Å². The molecule has 2 rings (SSSR count). The molecule has 4 heteroatoms. The molecule has 21 heavy (non-hydrogen) atoms. The fourth-order valence-electron chi connectivity index (χ4n) is 2.88. The van der Waals surface area contributed by atoms with Crippen molar-refractivity contribution in [1.82, 2.24) is 4.90 Å². The molecule has 2 N–H and O–H groups in total. The summed E-state index contributed by atoms with van der Waals surface area (Å²) in [6.07, 6.45) is 2.67. The Balaban J connectivity index is 0.00000220. The molecule has 1 aromatic carbocycles. The summed E-state index contributed by atoms with van der Waals surface area (Å²) in [4.78, 5) is 2.52. The minimum Gasteiger partial charge on any atom is -0.491 e. The number of piperidine rings is 1. The molecule has 1 aromatic rings. The number of likely N-dealkylation sites (tertiary alicyclic amines) is 1. The number of hydrogen-bond donors (Lipinski definition) is 1. The molecule has 0 aromatic heterocycles. The van der Waals surface area contributed by atoms with E-state index >= 15 is 0 Å². The van der Waals surface area contributed by atoms with Gasteiger partial charge in [0.25, 0.3) is 0 Å². The van der Waals surface area contributed by atoms with Gasteiger partial charge >= 0.3 is 0 Å². The van der Waals surface area contributed by atoms with Gasteiger partial charge in [-0.25, -0.2) is 0 Å². The maximum Gasteiger partial charge on any atom is 0.120 e. The predicted octanol–water partition coefficient (Wildman–Crippen LogP) is 3.45. The number of rotatable bonds is 5. The normalized spacial score (nSPS) is 18.3. The van der Waals surface area contributed by atoms with Crippen LogP contribution in [0.5, 0.6) is 5.75 Å². The zero-order valence-electron chi connectivity index (χ0n) is 13.4. The molecule has 1 heterocycles. The van der Waals surface area contributed by atoms with E-state index in [1.807, 2.05) is 6.07 Å². The average molecular weight is 313 g/mol. The molecule has 0 spiro atoms. The third-order valence-corrected chi connectivity index (χ3v) is 4.05. The number of nitrogens with two attached hydrogens (primary N) is 1. The molecule has 0 saturated carbocycles. The molecule has 120 valence electrons. The molecule has 3 nitrogen and oxygen atoms in total. The van der Waals surface area contributed by atoms with Crippen LogP contribution in [0.2, 0.25) is 0 Å². The summed E-state index contributed by atoms with van der Waals surface area (Å²) in [6.45, 7) is 9.58. The van der Waals surface area contributed by atoms with E-state index in [0.717, 1.165) is 25.4 Å². The Morgan fingerprint density at radius 2 is 1.90 bits per heavy atom. The van der Waals surface area contributed by atoms with Crippen LogP contribution in [-0.4, -0.2) is 30.1 Å². The second-order valence-corrected chi connectivity index (χ2v) is 6.29. The van der Waals surface area contributed by atoms with Crippen LogP contribution in [0.4, 0.5) is 0 Å². The zero-order valence-corrected chi connectivity index (χ0v) is 14.2. The van der Waals surface area contributed by atoms with Crippen molar-refractivity contribution in [2.75, 3.05) is 13.1 Å². The molecule has 0 radical (unpaired) electrons. The Hall–Kier alpha value is -0.770. The highest BCUT2D eigenvalue weighted by atomic mass is 35.5. The van der Waals surface area contributed by atoms with Gasteiger partial charge < -0.3 is 10.5 Å². The third-order valence-electron chi connectivity index (χ3n) is 4.05. The summed E-state index contributed by atoms with van der Waals surface area (Å²) in [5.41, 5.74) is 7.33. The van der Waals surface area contributed by atoms with Crippen LogP contribution in [0.3, 0.4) is 0 Å². The van der Waals surface area contributed by atoms with Crippen molar-refractivity contribution in [2.24, 2.45) is 11.7 Å². The number of ether oxygens (including phenoxy) is 1. The van der Waals surface area contributed by atoms with Gasteiger partial charge in [-0.1, -0.05) is 12.1 Å². The Morgan fingerprint density at radius 1 is 1.24 bits per heavy atom. The monoisotopic (exact) mass is 312 g/mol. The first-order valence-corrected chi connectivity index (χ1v) is 7.78. The number of hydrogen-bond acceptors (Lipinski definition) is 3. The van der Waals surface area contributed by atoms with Crippen LogP contribution < -0.4 is 10.5 Å². The van der Waals surface area contributed by atoms with Gasteiger partial charge in [-0.15, -0.1) is 12.4 Å². The summed E-state index contributed by atoms with van der Waals surface area (Å²) in [6, 6.07) is 8.80. The fraction of sp³-hybridized carbons (Fsp3) is 0.647. The first kappa shape index (κ1) is 18.3. The molecule has 1 aliphatic heterocycles. The maximum atomic E-state index is 6.00. The van der Waals surface area contributed by atoms with Crippen molar-refractivity contribution in [1.29, 1.82) is 0 Å². The van der Waals surface area contributed by atoms with Gasteiger partial charge in [0, 0.05) is 12.6 Å². The predicted molar refractivity (Wildman–Crippen MR) is 91.1 cm³/mol. The Morgan fingerprint density at radius 3 is 2.48 bits per heavy atom. The summed E-state index contributed by atoms with van der Waals surface area (Å²) < 4.78 is 5.76. The highest BCUT2D eigenvalue weighted by Crippen LogP contribution is 2.22. The number of halogens is 1. The van der Waals surface area contributed by atoms with Crippen LogP contribution in [-0.2, 0) is 6.54 Å². The molecule has 1 aliphatic rings. The summed E-state index contributed by atoms with van der Waals surface area (Å²) >= 11 is 0. The van der Waals surface area contributed by atoms with Crippen LogP contribution in [0.25, 0.3) is 0 Å². The fourth-order valence-corrected chi connectivity index (χ4v) is 2.88. The quantitative estimate of drug-likeness (QED) is 0.905. The smallest absolute Gasteiger partial charge is 0.120 e. The molecule has 0 bridgehead atoms. The molecule has 1 saturated heterocycles. The van der Waals surface area contributed by atoms with Gasteiger partial charge in [-0.2, -0.15) is 0 Å². The van der Waals surface area contributed by atoms with E-state index in [1.54, 1.807) is 0 Å². The summed E-state index contributed by atoms with van der Waals surface area (Å²) in [5, 5.41) is 0. The van der Waals surface area contributed by atoms with Crippen molar-refractivity contribution in [3.8, 4) is 5.75 Å². The van der Waals surface area contributed by atoms with Crippen LogP contribution in [0, 0.1) is 5.92 Å². The highest BCUT2D eigenvalue weighted by molar-refractivity contribution is 5.85. The standard InChI is InChI=1S/C17H28N2O.ClH/c1-13(2)20-17-6-4-5-15(11-17)12-19-9-7-16(8-10-19)14(3)18;/h4-6,11,13-14,16H,7-10,12,18H2,1-3H3;1H. The molecular formula is C17H29ClN2O. The van der Waals surface area contributed by atoms with Crippen LogP contribution >= 0.6 is 12.4 Å². The van der Waals surface area contributed by atoms with E-state index in [0.29, 0.717) is 12.0 Å². The van der Waals surface area contributed by atoms with Gasteiger partial charge in [0.15, 0.2) is 0 Å². The molecular weight excluding hydrogens is 284 g/mol. The molecule has 0 amide bonds.